The van der Waals surface area contributed by atoms with Gasteiger partial charge in [-0.3, -0.25) is 4.79 Å². The molecule has 0 aromatic heterocycles. The van der Waals surface area contributed by atoms with Crippen molar-refractivity contribution in [3.63, 3.8) is 0 Å². The van der Waals surface area contributed by atoms with Crippen molar-refractivity contribution >= 4 is 5.91 Å². The van der Waals surface area contributed by atoms with Crippen LogP contribution in [0.2, 0.25) is 0 Å². The summed E-state index contributed by atoms with van der Waals surface area (Å²) in [5, 5.41) is 2.95. The van der Waals surface area contributed by atoms with Crippen molar-refractivity contribution in [3.05, 3.63) is 0 Å². The third-order valence-electron chi connectivity index (χ3n) is 3.96. The normalized spacial score (nSPS) is 33.0. The Morgan fingerprint density at radius 1 is 1.31 bits per heavy atom. The molecule has 0 aromatic carbocycles. The monoisotopic (exact) mass is 181 g/mol. The molecule has 1 saturated heterocycles. The maximum atomic E-state index is 11.1. The molecule has 74 valence electrons. The molecule has 2 aliphatic rings. The summed E-state index contributed by atoms with van der Waals surface area (Å²) in [7, 11) is 0. The first kappa shape index (κ1) is 9.04. The molecule has 1 aliphatic heterocycles. The zero-order valence-corrected chi connectivity index (χ0v) is 8.44. The van der Waals surface area contributed by atoms with Crippen LogP contribution < -0.4 is 5.32 Å². The second-order valence-corrected chi connectivity index (χ2v) is 4.92. The number of hydrogen-bond donors (Lipinski definition) is 1. The minimum atomic E-state index is 0.261. The lowest BCUT2D eigenvalue weighted by atomic mass is 9.67. The third-order valence-corrected chi connectivity index (χ3v) is 3.96. The molecule has 1 saturated carbocycles. The summed E-state index contributed by atoms with van der Waals surface area (Å²) in [6, 6.07) is 0. The molecule has 1 amide bonds. The summed E-state index contributed by atoms with van der Waals surface area (Å²) in [4.78, 5) is 11.1. The van der Waals surface area contributed by atoms with Crippen LogP contribution in [-0.2, 0) is 4.79 Å². The van der Waals surface area contributed by atoms with E-state index >= 15 is 0 Å². The van der Waals surface area contributed by atoms with Gasteiger partial charge in [0.15, 0.2) is 0 Å². The van der Waals surface area contributed by atoms with Gasteiger partial charge in [0.2, 0.25) is 5.91 Å². The van der Waals surface area contributed by atoms with Gasteiger partial charge in [-0.1, -0.05) is 26.2 Å². The van der Waals surface area contributed by atoms with Crippen LogP contribution in [0.1, 0.15) is 45.4 Å². The Labute approximate surface area is 80.1 Å². The Balaban J connectivity index is 2.01. The van der Waals surface area contributed by atoms with Gasteiger partial charge in [-0.15, -0.1) is 0 Å². The molecule has 13 heavy (non-hydrogen) atoms. The summed E-state index contributed by atoms with van der Waals surface area (Å²) in [5.41, 5.74) is 0.456. The Morgan fingerprint density at radius 2 is 2.00 bits per heavy atom. The average molecular weight is 181 g/mol. The summed E-state index contributed by atoms with van der Waals surface area (Å²) >= 11 is 0. The maximum absolute atomic E-state index is 11.1. The second kappa shape index (κ2) is 3.32. The quantitative estimate of drug-likeness (QED) is 0.659. The van der Waals surface area contributed by atoms with E-state index < -0.39 is 0 Å². The van der Waals surface area contributed by atoms with E-state index in [4.69, 9.17) is 0 Å². The van der Waals surface area contributed by atoms with Crippen molar-refractivity contribution in [1.82, 2.24) is 5.32 Å². The largest absolute Gasteiger partial charge is 0.356 e. The molecule has 1 atom stereocenters. The third kappa shape index (κ3) is 1.72. The molecule has 2 heteroatoms. The number of amides is 1. The topological polar surface area (TPSA) is 29.1 Å². The smallest absolute Gasteiger partial charge is 0.220 e. The lowest BCUT2D eigenvalue weighted by Crippen LogP contribution is -2.31. The van der Waals surface area contributed by atoms with Crippen LogP contribution in [0.25, 0.3) is 0 Å². The summed E-state index contributed by atoms with van der Waals surface area (Å²) in [6.07, 6.45) is 7.54. The predicted octanol–water partition coefficient (Wildman–Crippen LogP) is 2.09. The van der Waals surface area contributed by atoms with E-state index in [1.807, 2.05) is 0 Å². The molecule has 0 aromatic rings. The summed E-state index contributed by atoms with van der Waals surface area (Å²) in [5.74, 6) is 0.872. The van der Waals surface area contributed by atoms with Crippen LogP contribution in [0.5, 0.6) is 0 Å². The first-order valence-electron chi connectivity index (χ1n) is 5.47. The highest BCUT2D eigenvalue weighted by atomic mass is 16.1. The van der Waals surface area contributed by atoms with Crippen LogP contribution in [0.3, 0.4) is 0 Å². The lowest BCUT2D eigenvalue weighted by Gasteiger charge is -2.38. The van der Waals surface area contributed by atoms with Gasteiger partial charge in [-0.05, 0) is 24.2 Å². The van der Waals surface area contributed by atoms with Gasteiger partial charge in [0.05, 0.1) is 0 Å². The average Bonchev–Trinajstić information content (AvgIpc) is 2.54. The van der Waals surface area contributed by atoms with E-state index in [-0.39, 0.29) is 5.91 Å². The van der Waals surface area contributed by atoms with Crippen molar-refractivity contribution in [2.45, 2.75) is 45.4 Å². The lowest BCUT2D eigenvalue weighted by molar-refractivity contribution is -0.119. The van der Waals surface area contributed by atoms with Crippen molar-refractivity contribution in [2.75, 3.05) is 6.54 Å². The van der Waals surface area contributed by atoms with Crippen LogP contribution in [-0.4, -0.2) is 12.5 Å². The molecule has 2 nitrogen and oxygen atoms in total. The molecule has 0 spiro atoms. The zero-order valence-electron chi connectivity index (χ0n) is 8.44. The first-order chi connectivity index (χ1) is 6.21. The molecule has 0 bridgehead atoms. The molecule has 1 unspecified atom stereocenters. The van der Waals surface area contributed by atoms with Crippen molar-refractivity contribution in [3.8, 4) is 0 Å². The van der Waals surface area contributed by atoms with Gasteiger partial charge >= 0.3 is 0 Å². The number of nitrogens with one attached hydrogen (secondary N) is 1. The Bertz CT molecular complexity index is 206. The minimum Gasteiger partial charge on any atom is -0.356 e. The van der Waals surface area contributed by atoms with Crippen molar-refractivity contribution in [1.29, 1.82) is 0 Å². The van der Waals surface area contributed by atoms with Gasteiger partial charge in [0, 0.05) is 13.0 Å². The fourth-order valence-corrected chi connectivity index (χ4v) is 2.87. The first-order valence-corrected chi connectivity index (χ1v) is 5.47. The van der Waals surface area contributed by atoms with Gasteiger partial charge in [0.25, 0.3) is 0 Å². The highest BCUT2D eigenvalue weighted by molar-refractivity contribution is 5.78. The van der Waals surface area contributed by atoms with Crippen molar-refractivity contribution in [2.24, 2.45) is 11.3 Å². The fourth-order valence-electron chi connectivity index (χ4n) is 2.87. The molecule has 2 fully saturated rings. The van der Waals surface area contributed by atoms with Crippen molar-refractivity contribution < 1.29 is 4.79 Å². The maximum Gasteiger partial charge on any atom is 0.220 e. The Morgan fingerprint density at radius 3 is 2.54 bits per heavy atom. The van der Waals surface area contributed by atoms with Gasteiger partial charge in [0.1, 0.15) is 0 Å². The van der Waals surface area contributed by atoms with Gasteiger partial charge in [-0.2, -0.15) is 0 Å². The highest BCUT2D eigenvalue weighted by Crippen LogP contribution is 2.44. The number of hydrogen-bond acceptors (Lipinski definition) is 1. The molecule has 1 N–H and O–H groups in total. The molecule has 1 heterocycles. The van der Waals surface area contributed by atoms with Crippen LogP contribution in [0.4, 0.5) is 0 Å². The summed E-state index contributed by atoms with van der Waals surface area (Å²) in [6.45, 7) is 3.30. The SMILES string of the molecule is CC1(C2CNC(=O)C2)CCCCC1. The van der Waals surface area contributed by atoms with E-state index in [9.17, 15) is 4.79 Å². The van der Waals surface area contributed by atoms with Crippen LogP contribution >= 0.6 is 0 Å². The fraction of sp³-hybridized carbons (Fsp3) is 0.909. The second-order valence-electron chi connectivity index (χ2n) is 4.92. The van der Waals surface area contributed by atoms with E-state index in [0.29, 0.717) is 11.3 Å². The highest BCUT2D eigenvalue weighted by Gasteiger charge is 2.39. The Hall–Kier alpha value is -0.530. The molecular weight excluding hydrogens is 162 g/mol. The summed E-state index contributed by atoms with van der Waals surface area (Å²) < 4.78 is 0. The predicted molar refractivity (Wildman–Crippen MR) is 52.3 cm³/mol. The van der Waals surface area contributed by atoms with Gasteiger partial charge < -0.3 is 5.32 Å². The standard InChI is InChI=1S/C11H19NO/c1-11(5-3-2-4-6-11)9-7-10(13)12-8-9/h9H,2-8H2,1H3,(H,12,13). The van der Waals surface area contributed by atoms with Crippen LogP contribution in [0.15, 0.2) is 0 Å². The zero-order chi connectivity index (χ0) is 9.31. The van der Waals surface area contributed by atoms with Gasteiger partial charge in [-0.25, -0.2) is 0 Å². The minimum absolute atomic E-state index is 0.261. The van der Waals surface area contributed by atoms with E-state index in [1.54, 1.807) is 0 Å². The molecule has 2 rings (SSSR count). The van der Waals surface area contributed by atoms with E-state index in [0.717, 1.165) is 13.0 Å². The van der Waals surface area contributed by atoms with E-state index in [1.165, 1.54) is 32.1 Å². The van der Waals surface area contributed by atoms with E-state index in [2.05, 4.69) is 12.2 Å². The van der Waals surface area contributed by atoms with Crippen LogP contribution in [0, 0.1) is 11.3 Å². The number of carbonyl (C=O) groups is 1. The molecular formula is C11H19NO. The molecule has 1 aliphatic carbocycles. The number of rotatable bonds is 1. The molecule has 0 radical (unpaired) electrons. The number of carbonyl (C=O) groups excluding carboxylic acids is 1. The Kier molecular flexibility index (Phi) is 2.31.